The van der Waals surface area contributed by atoms with E-state index in [1.807, 2.05) is 42.7 Å². The molecule has 3 nitrogen and oxygen atoms in total. The summed E-state index contributed by atoms with van der Waals surface area (Å²) in [6, 6.07) is 31.1. The van der Waals surface area contributed by atoms with Gasteiger partial charge in [-0.2, -0.15) is 0 Å². The third kappa shape index (κ3) is 2.90. The minimum Gasteiger partial charge on any atom is -0.438 e. The second kappa shape index (κ2) is 7.22. The molecule has 0 atom stereocenters. The molecular weight excluding hydrogens is 380 g/mol. The largest absolute Gasteiger partial charge is 0.438 e. The van der Waals surface area contributed by atoms with Crippen LogP contribution in [0.4, 0.5) is 0 Å². The Balaban J connectivity index is 1.75. The van der Waals surface area contributed by atoms with E-state index in [0.717, 1.165) is 27.3 Å². The maximum absolute atomic E-state index is 6.34. The van der Waals surface area contributed by atoms with Gasteiger partial charge in [0, 0.05) is 40.8 Å². The van der Waals surface area contributed by atoms with Crippen molar-refractivity contribution in [1.29, 1.82) is 0 Å². The van der Waals surface area contributed by atoms with Crippen LogP contribution in [-0.4, -0.2) is 9.97 Å². The van der Waals surface area contributed by atoms with Gasteiger partial charge in [0.05, 0.1) is 0 Å². The van der Waals surface area contributed by atoms with E-state index in [1.165, 1.54) is 21.9 Å². The Hall–Kier alpha value is -4.24. The van der Waals surface area contributed by atoms with Crippen LogP contribution in [0.15, 0.2) is 110 Å². The Kier molecular flexibility index (Phi) is 4.10. The summed E-state index contributed by atoms with van der Waals surface area (Å²) in [5, 5.41) is 6.69. The van der Waals surface area contributed by atoms with Gasteiger partial charge in [-0.15, -0.1) is 0 Å². The van der Waals surface area contributed by atoms with Gasteiger partial charge in [-0.05, 0) is 39.4 Å². The van der Waals surface area contributed by atoms with Gasteiger partial charge in [0.25, 0.3) is 0 Å². The van der Waals surface area contributed by atoms with Crippen LogP contribution in [-0.2, 0) is 0 Å². The van der Waals surface area contributed by atoms with Gasteiger partial charge in [0.1, 0.15) is 5.75 Å². The number of aromatic nitrogens is 2. The van der Waals surface area contributed by atoms with Crippen LogP contribution in [0.2, 0.25) is 0 Å². The van der Waals surface area contributed by atoms with E-state index < -0.39 is 0 Å². The second-order valence-corrected chi connectivity index (χ2v) is 7.47. The number of ether oxygens (including phenoxy) is 1. The molecule has 0 spiro atoms. The van der Waals surface area contributed by atoms with Crippen LogP contribution in [0, 0.1) is 0 Å². The van der Waals surface area contributed by atoms with Gasteiger partial charge in [0.15, 0.2) is 0 Å². The Bertz CT molecular complexity index is 1500. The third-order valence-corrected chi connectivity index (χ3v) is 5.68. The van der Waals surface area contributed by atoms with E-state index in [4.69, 9.17) is 4.74 Å². The molecule has 0 aliphatic carbocycles. The van der Waals surface area contributed by atoms with Crippen LogP contribution in [0.25, 0.3) is 43.4 Å². The molecule has 0 fully saturated rings. The number of nitrogens with zero attached hydrogens (tertiary/aromatic N) is 2. The van der Waals surface area contributed by atoms with E-state index in [9.17, 15) is 0 Å². The highest BCUT2D eigenvalue weighted by Gasteiger charge is 2.18. The maximum Gasteiger partial charge on any atom is 0.219 e. The summed E-state index contributed by atoms with van der Waals surface area (Å²) in [5.41, 5.74) is 2.36. The standard InChI is InChI=1S/C28H18N2O/c1-2-10-20-19(8-1)9-7-13-21(20)27-22-11-3-4-12-23(22)28(24-15-17-29-18-25(24)27)31-26-14-5-6-16-30-26/h1-18H. The first kappa shape index (κ1) is 17.6. The topological polar surface area (TPSA) is 35.0 Å². The molecular formula is C28H18N2O. The van der Waals surface area contributed by atoms with Crippen molar-refractivity contribution in [3.63, 3.8) is 0 Å². The Morgan fingerprint density at radius 1 is 0.548 bits per heavy atom. The summed E-state index contributed by atoms with van der Waals surface area (Å²) in [6.45, 7) is 0. The highest BCUT2D eigenvalue weighted by molar-refractivity contribution is 6.19. The lowest BCUT2D eigenvalue weighted by molar-refractivity contribution is 0.473. The van der Waals surface area contributed by atoms with Crippen molar-refractivity contribution >= 4 is 32.3 Å². The van der Waals surface area contributed by atoms with Gasteiger partial charge in [0.2, 0.25) is 5.88 Å². The van der Waals surface area contributed by atoms with Crippen molar-refractivity contribution in [3.8, 4) is 22.8 Å². The lowest BCUT2D eigenvalue weighted by Crippen LogP contribution is -1.94. The Labute approximate surface area is 179 Å². The fourth-order valence-electron chi connectivity index (χ4n) is 4.34. The number of benzene rings is 4. The van der Waals surface area contributed by atoms with Crippen molar-refractivity contribution in [2.75, 3.05) is 0 Å². The first-order valence-corrected chi connectivity index (χ1v) is 10.3. The van der Waals surface area contributed by atoms with Gasteiger partial charge >= 0.3 is 0 Å². The third-order valence-electron chi connectivity index (χ3n) is 5.68. The average Bonchev–Trinajstić information content (AvgIpc) is 2.84. The zero-order valence-electron chi connectivity index (χ0n) is 16.7. The fraction of sp³-hybridized carbons (Fsp3) is 0. The molecule has 0 aliphatic heterocycles. The minimum atomic E-state index is 0.573. The second-order valence-electron chi connectivity index (χ2n) is 7.47. The van der Waals surface area contributed by atoms with Crippen molar-refractivity contribution < 1.29 is 4.74 Å². The van der Waals surface area contributed by atoms with Crippen LogP contribution in [0.3, 0.4) is 0 Å². The summed E-state index contributed by atoms with van der Waals surface area (Å²) in [4.78, 5) is 8.83. The summed E-state index contributed by atoms with van der Waals surface area (Å²) in [7, 11) is 0. The maximum atomic E-state index is 6.34. The van der Waals surface area contributed by atoms with E-state index in [-0.39, 0.29) is 0 Å². The molecule has 0 N–H and O–H groups in total. The van der Waals surface area contributed by atoms with Crippen molar-refractivity contribution in [2.24, 2.45) is 0 Å². The minimum absolute atomic E-state index is 0.573. The molecule has 3 heteroatoms. The number of hydrogen-bond donors (Lipinski definition) is 0. The molecule has 0 saturated carbocycles. The average molecular weight is 398 g/mol. The summed E-state index contributed by atoms with van der Waals surface area (Å²) < 4.78 is 6.34. The predicted molar refractivity (Wildman–Crippen MR) is 127 cm³/mol. The Morgan fingerprint density at radius 3 is 2.16 bits per heavy atom. The highest BCUT2D eigenvalue weighted by Crippen LogP contribution is 2.45. The van der Waals surface area contributed by atoms with E-state index >= 15 is 0 Å². The molecule has 31 heavy (non-hydrogen) atoms. The number of fused-ring (bicyclic) bond motifs is 3. The molecule has 146 valence electrons. The highest BCUT2D eigenvalue weighted by atomic mass is 16.5. The quantitative estimate of drug-likeness (QED) is 0.291. The molecule has 2 heterocycles. The van der Waals surface area contributed by atoms with E-state index in [0.29, 0.717) is 5.88 Å². The molecule has 0 radical (unpaired) electrons. The summed E-state index contributed by atoms with van der Waals surface area (Å²) in [6.07, 6.45) is 5.49. The number of rotatable bonds is 3. The fourth-order valence-corrected chi connectivity index (χ4v) is 4.34. The van der Waals surface area contributed by atoms with Crippen LogP contribution < -0.4 is 4.74 Å². The lowest BCUT2D eigenvalue weighted by Gasteiger charge is -2.18. The predicted octanol–water partition coefficient (Wildman–Crippen LogP) is 7.40. The van der Waals surface area contributed by atoms with Gasteiger partial charge < -0.3 is 4.74 Å². The molecule has 0 bridgehead atoms. The molecule has 6 aromatic rings. The Morgan fingerprint density at radius 2 is 1.29 bits per heavy atom. The molecule has 6 rings (SSSR count). The van der Waals surface area contributed by atoms with Gasteiger partial charge in [-0.1, -0.05) is 72.8 Å². The zero-order valence-corrected chi connectivity index (χ0v) is 16.7. The van der Waals surface area contributed by atoms with E-state index in [1.54, 1.807) is 6.20 Å². The molecule has 0 amide bonds. The number of hydrogen-bond acceptors (Lipinski definition) is 3. The zero-order chi connectivity index (χ0) is 20.6. The normalized spacial score (nSPS) is 11.2. The van der Waals surface area contributed by atoms with Crippen LogP contribution in [0.5, 0.6) is 11.6 Å². The molecule has 0 aliphatic rings. The van der Waals surface area contributed by atoms with E-state index in [2.05, 4.69) is 70.6 Å². The monoisotopic (exact) mass is 398 g/mol. The van der Waals surface area contributed by atoms with Crippen LogP contribution >= 0.6 is 0 Å². The van der Waals surface area contributed by atoms with Gasteiger partial charge in [-0.25, -0.2) is 4.98 Å². The first-order valence-electron chi connectivity index (χ1n) is 10.3. The molecule has 2 aromatic heterocycles. The first-order chi connectivity index (χ1) is 15.4. The number of pyridine rings is 2. The molecule has 0 unspecified atom stereocenters. The molecule has 4 aromatic carbocycles. The molecule has 0 saturated heterocycles. The van der Waals surface area contributed by atoms with Crippen LogP contribution in [0.1, 0.15) is 0 Å². The van der Waals surface area contributed by atoms with Crippen molar-refractivity contribution in [1.82, 2.24) is 9.97 Å². The van der Waals surface area contributed by atoms with Gasteiger partial charge in [-0.3, -0.25) is 4.98 Å². The SMILES string of the molecule is c1ccc(Oc2c3ccccc3c(-c3cccc4ccccc34)c3cnccc23)nc1. The summed E-state index contributed by atoms with van der Waals surface area (Å²) >= 11 is 0. The lowest BCUT2D eigenvalue weighted by atomic mass is 9.89. The smallest absolute Gasteiger partial charge is 0.219 e. The van der Waals surface area contributed by atoms with Crippen molar-refractivity contribution in [3.05, 3.63) is 110 Å². The van der Waals surface area contributed by atoms with Crippen molar-refractivity contribution in [2.45, 2.75) is 0 Å². The summed E-state index contributed by atoms with van der Waals surface area (Å²) in [5.74, 6) is 1.37.